The first kappa shape index (κ1) is 13.5. The van der Waals surface area contributed by atoms with Gasteiger partial charge >= 0.3 is 6.03 Å². The quantitative estimate of drug-likeness (QED) is 0.873. The maximum atomic E-state index is 12.0. The Bertz CT molecular complexity index is 431. The van der Waals surface area contributed by atoms with Crippen LogP contribution in [0.5, 0.6) is 0 Å². The van der Waals surface area contributed by atoms with E-state index in [9.17, 15) is 9.59 Å². The average molecular weight is 239 g/mol. The summed E-state index contributed by atoms with van der Waals surface area (Å²) in [5, 5.41) is 2.73. The molecule has 0 unspecified atom stereocenters. The number of rotatable bonds is 4. The van der Waals surface area contributed by atoms with Crippen LogP contribution in [-0.4, -0.2) is 34.3 Å². The molecule has 0 aliphatic heterocycles. The highest BCUT2D eigenvalue weighted by Gasteiger charge is 2.17. The second-order valence-electron chi connectivity index (χ2n) is 4.58. The largest absolute Gasteiger partial charge is 0.345 e. The van der Waals surface area contributed by atoms with Crippen LogP contribution < -0.4 is 5.56 Å². The fraction of sp³-hybridized carbons (Fsp3) is 0.667. The molecule has 0 fully saturated rings. The predicted molar refractivity (Wildman–Crippen MR) is 67.5 cm³/mol. The lowest BCUT2D eigenvalue weighted by Crippen LogP contribution is -2.38. The van der Waals surface area contributed by atoms with Crippen molar-refractivity contribution in [3.63, 3.8) is 0 Å². The zero-order chi connectivity index (χ0) is 13.0. The monoisotopic (exact) mass is 239 g/mol. The van der Waals surface area contributed by atoms with Crippen molar-refractivity contribution in [3.8, 4) is 0 Å². The number of H-pyrrole nitrogens is 1. The number of nitrogens with zero attached hydrogens (tertiary/aromatic N) is 2. The summed E-state index contributed by atoms with van der Waals surface area (Å²) < 4.78 is 1.07. The van der Waals surface area contributed by atoms with Crippen molar-refractivity contribution in [2.45, 2.75) is 39.5 Å². The van der Waals surface area contributed by atoms with Crippen LogP contribution in [0.2, 0.25) is 0 Å². The van der Waals surface area contributed by atoms with Crippen molar-refractivity contribution < 1.29 is 4.79 Å². The Morgan fingerprint density at radius 3 is 2.65 bits per heavy atom. The third kappa shape index (κ3) is 2.99. The molecule has 1 aromatic rings. The van der Waals surface area contributed by atoms with E-state index in [-0.39, 0.29) is 17.5 Å². The maximum Gasteiger partial charge on any atom is 0.345 e. The summed E-state index contributed by atoms with van der Waals surface area (Å²) in [4.78, 5) is 25.4. The molecular formula is C12H21N3O2. The van der Waals surface area contributed by atoms with Gasteiger partial charge in [-0.25, -0.2) is 4.79 Å². The first-order chi connectivity index (χ1) is 7.99. The number of aromatic nitrogens is 2. The predicted octanol–water partition coefficient (Wildman–Crippen LogP) is 2.00. The fourth-order valence-corrected chi connectivity index (χ4v) is 1.60. The van der Waals surface area contributed by atoms with Crippen LogP contribution in [0.15, 0.2) is 11.0 Å². The Balaban J connectivity index is 2.86. The molecule has 0 saturated heterocycles. The van der Waals surface area contributed by atoms with Gasteiger partial charge in [0.2, 0.25) is 0 Å². The third-order valence-corrected chi connectivity index (χ3v) is 2.79. The summed E-state index contributed by atoms with van der Waals surface area (Å²) in [6, 6.07) is -0.296. The van der Waals surface area contributed by atoms with E-state index in [1.807, 2.05) is 13.8 Å². The van der Waals surface area contributed by atoms with Gasteiger partial charge in [0.1, 0.15) is 0 Å². The first-order valence-corrected chi connectivity index (χ1v) is 6.04. The van der Waals surface area contributed by atoms with Crippen LogP contribution in [0, 0.1) is 0 Å². The Morgan fingerprint density at radius 1 is 1.53 bits per heavy atom. The van der Waals surface area contributed by atoms with E-state index in [2.05, 4.69) is 12.0 Å². The van der Waals surface area contributed by atoms with Crippen molar-refractivity contribution >= 4 is 6.03 Å². The molecule has 5 heteroatoms. The average Bonchev–Trinajstić information content (AvgIpc) is 2.67. The van der Waals surface area contributed by atoms with Crippen LogP contribution in [0.4, 0.5) is 4.79 Å². The van der Waals surface area contributed by atoms with E-state index in [4.69, 9.17) is 0 Å². The molecule has 0 aliphatic rings. The molecule has 1 rings (SSSR count). The minimum Gasteiger partial charge on any atom is -0.326 e. The third-order valence-electron chi connectivity index (χ3n) is 2.79. The number of carbonyl (C=O) groups excluding carboxylic acids is 1. The van der Waals surface area contributed by atoms with Crippen LogP contribution in [0.1, 0.15) is 45.1 Å². The van der Waals surface area contributed by atoms with Gasteiger partial charge in [0.15, 0.2) is 0 Å². The second-order valence-corrected chi connectivity index (χ2v) is 4.58. The van der Waals surface area contributed by atoms with Crippen molar-refractivity contribution in [1.29, 1.82) is 0 Å². The lowest BCUT2D eigenvalue weighted by atomic mass is 10.1. The zero-order valence-corrected chi connectivity index (χ0v) is 11.0. The van der Waals surface area contributed by atoms with E-state index in [1.54, 1.807) is 18.1 Å². The topological polar surface area (TPSA) is 58.1 Å². The number of unbranched alkanes of at least 4 members (excludes halogenated alkanes) is 1. The molecular weight excluding hydrogens is 218 g/mol. The summed E-state index contributed by atoms with van der Waals surface area (Å²) in [6.45, 7) is 6.59. The van der Waals surface area contributed by atoms with Crippen LogP contribution in [0.25, 0.3) is 0 Å². The van der Waals surface area contributed by atoms with Crippen molar-refractivity contribution in [2.75, 3.05) is 13.6 Å². The highest BCUT2D eigenvalue weighted by molar-refractivity contribution is 5.75. The van der Waals surface area contributed by atoms with E-state index in [1.165, 1.54) is 0 Å². The lowest BCUT2D eigenvalue weighted by molar-refractivity contribution is 0.205. The molecule has 5 nitrogen and oxygen atoms in total. The van der Waals surface area contributed by atoms with Gasteiger partial charge in [0, 0.05) is 25.4 Å². The minimum absolute atomic E-state index is 0.119. The summed E-state index contributed by atoms with van der Waals surface area (Å²) in [6.07, 6.45) is 3.57. The molecule has 0 bridgehead atoms. The molecule has 0 aromatic carbocycles. The van der Waals surface area contributed by atoms with Crippen LogP contribution in [-0.2, 0) is 0 Å². The number of nitrogens with one attached hydrogen (secondary N) is 1. The molecule has 1 amide bonds. The number of carbonyl (C=O) groups is 1. The van der Waals surface area contributed by atoms with Gasteiger partial charge in [-0.2, -0.15) is 4.68 Å². The van der Waals surface area contributed by atoms with Crippen molar-refractivity contribution in [3.05, 3.63) is 22.1 Å². The Kier molecular flexibility index (Phi) is 4.54. The highest BCUT2D eigenvalue weighted by atomic mass is 16.2. The first-order valence-electron chi connectivity index (χ1n) is 6.04. The van der Waals surface area contributed by atoms with E-state index in [0.29, 0.717) is 12.1 Å². The van der Waals surface area contributed by atoms with E-state index in [0.717, 1.165) is 17.5 Å². The zero-order valence-electron chi connectivity index (χ0n) is 11.0. The second kappa shape index (κ2) is 5.70. The van der Waals surface area contributed by atoms with Gasteiger partial charge < -0.3 is 4.90 Å². The standard InChI is InChI=1S/C12H21N3O2/c1-5-6-7-14(4)12(17)15-11(16)10(8-13-15)9(2)3/h8-9,13H,5-7H2,1-4H3. The SMILES string of the molecule is CCCCN(C)C(=O)n1[nH]cc(C(C)C)c1=O. The van der Waals surface area contributed by atoms with Gasteiger partial charge in [0.25, 0.3) is 5.56 Å². The van der Waals surface area contributed by atoms with Gasteiger partial charge in [-0.1, -0.05) is 27.2 Å². The highest BCUT2D eigenvalue weighted by Crippen LogP contribution is 2.07. The van der Waals surface area contributed by atoms with E-state index < -0.39 is 0 Å². The smallest absolute Gasteiger partial charge is 0.326 e. The Morgan fingerprint density at radius 2 is 2.18 bits per heavy atom. The van der Waals surface area contributed by atoms with Crippen LogP contribution in [0.3, 0.4) is 0 Å². The van der Waals surface area contributed by atoms with Gasteiger partial charge in [-0.05, 0) is 12.3 Å². The number of hydrogen-bond acceptors (Lipinski definition) is 2. The van der Waals surface area contributed by atoms with Crippen LogP contribution >= 0.6 is 0 Å². The summed E-state index contributed by atoms with van der Waals surface area (Å²) in [7, 11) is 1.71. The fourth-order valence-electron chi connectivity index (χ4n) is 1.60. The minimum atomic E-state index is -0.296. The van der Waals surface area contributed by atoms with E-state index >= 15 is 0 Å². The molecule has 1 heterocycles. The lowest BCUT2D eigenvalue weighted by Gasteiger charge is -2.15. The molecule has 0 saturated carbocycles. The maximum absolute atomic E-state index is 12.0. The summed E-state index contributed by atoms with van der Waals surface area (Å²) in [5.41, 5.74) is 0.399. The summed E-state index contributed by atoms with van der Waals surface area (Å²) >= 11 is 0. The van der Waals surface area contributed by atoms with Crippen molar-refractivity contribution in [1.82, 2.24) is 14.7 Å². The van der Waals surface area contributed by atoms with Gasteiger partial charge in [0.05, 0.1) is 0 Å². The molecule has 17 heavy (non-hydrogen) atoms. The molecule has 0 spiro atoms. The Hall–Kier alpha value is -1.52. The molecule has 96 valence electrons. The molecule has 1 N–H and O–H groups in total. The molecule has 1 aromatic heterocycles. The number of hydrogen-bond donors (Lipinski definition) is 1. The van der Waals surface area contributed by atoms with Gasteiger partial charge in [-0.3, -0.25) is 9.89 Å². The Labute approximate surface area is 101 Å². The number of aromatic amines is 1. The van der Waals surface area contributed by atoms with Crippen molar-refractivity contribution in [2.24, 2.45) is 0 Å². The summed E-state index contributed by atoms with van der Waals surface area (Å²) in [5.74, 6) is 0.119. The molecule has 0 atom stereocenters. The van der Waals surface area contributed by atoms with Gasteiger partial charge in [-0.15, -0.1) is 0 Å². The normalized spacial score (nSPS) is 10.9. The molecule has 0 radical (unpaired) electrons. The number of amides is 1. The molecule has 0 aliphatic carbocycles.